The predicted octanol–water partition coefficient (Wildman–Crippen LogP) is 1.78. The van der Waals surface area contributed by atoms with E-state index in [9.17, 15) is 9.59 Å². The Kier molecular flexibility index (Phi) is 4.37. The second-order valence-electron chi connectivity index (χ2n) is 5.72. The molecule has 0 aliphatic carbocycles. The van der Waals surface area contributed by atoms with Crippen LogP contribution in [0.4, 0.5) is 0 Å². The van der Waals surface area contributed by atoms with Crippen LogP contribution >= 0.6 is 0 Å². The third kappa shape index (κ3) is 3.39. The number of hydrogen-bond acceptors (Lipinski definition) is 3. The molecular formula is C18H19N3O2. The van der Waals surface area contributed by atoms with Gasteiger partial charge in [0.05, 0.1) is 5.56 Å². The van der Waals surface area contributed by atoms with E-state index in [1.165, 1.54) is 17.3 Å². The van der Waals surface area contributed by atoms with E-state index in [1.807, 2.05) is 18.2 Å². The highest BCUT2D eigenvalue weighted by Crippen LogP contribution is 2.19. The Hall–Kier alpha value is -2.69. The number of nitrogens with zero attached hydrogens (tertiary/aromatic N) is 2. The average molecular weight is 309 g/mol. The minimum Gasteiger partial charge on any atom is -0.340 e. The first-order valence-electron chi connectivity index (χ1n) is 7.71. The predicted molar refractivity (Wildman–Crippen MR) is 86.7 cm³/mol. The van der Waals surface area contributed by atoms with Crippen molar-refractivity contribution in [3.8, 4) is 0 Å². The lowest BCUT2D eigenvalue weighted by Gasteiger charge is -2.31. The third-order valence-electron chi connectivity index (χ3n) is 4.08. The van der Waals surface area contributed by atoms with Crippen molar-refractivity contribution in [2.24, 2.45) is 0 Å². The molecule has 0 bridgehead atoms. The number of nitrogens with one attached hydrogen (secondary N) is 1. The summed E-state index contributed by atoms with van der Waals surface area (Å²) in [6.45, 7) is 3.00. The van der Waals surface area contributed by atoms with Crippen molar-refractivity contribution in [2.75, 3.05) is 6.54 Å². The van der Waals surface area contributed by atoms with Crippen molar-refractivity contribution < 1.29 is 9.59 Å². The lowest BCUT2D eigenvalue weighted by molar-refractivity contribution is -0.133. The van der Waals surface area contributed by atoms with Crippen LogP contribution in [-0.2, 0) is 17.8 Å². The Morgan fingerprint density at radius 1 is 1.17 bits per heavy atom. The van der Waals surface area contributed by atoms with Gasteiger partial charge in [0.25, 0.3) is 5.91 Å². The molecule has 2 heterocycles. The van der Waals surface area contributed by atoms with E-state index in [0.717, 1.165) is 6.42 Å². The number of fused-ring (bicyclic) bond motifs is 1. The van der Waals surface area contributed by atoms with Crippen molar-refractivity contribution in [2.45, 2.75) is 25.9 Å². The number of carbonyl (C=O) groups is 2. The van der Waals surface area contributed by atoms with Crippen LogP contribution in [0.15, 0.2) is 48.8 Å². The summed E-state index contributed by atoms with van der Waals surface area (Å²) in [6.07, 6.45) is 3.95. The summed E-state index contributed by atoms with van der Waals surface area (Å²) < 4.78 is 0. The molecule has 1 aromatic heterocycles. The van der Waals surface area contributed by atoms with E-state index in [0.29, 0.717) is 18.7 Å². The first-order valence-corrected chi connectivity index (χ1v) is 7.71. The minimum atomic E-state index is -0.562. The van der Waals surface area contributed by atoms with Gasteiger partial charge in [-0.05, 0) is 36.6 Å². The zero-order valence-electron chi connectivity index (χ0n) is 13.0. The third-order valence-corrected chi connectivity index (χ3v) is 4.08. The lowest BCUT2D eigenvalue weighted by Crippen LogP contribution is -2.48. The lowest BCUT2D eigenvalue weighted by atomic mass is 9.99. The van der Waals surface area contributed by atoms with Gasteiger partial charge in [0.1, 0.15) is 6.04 Å². The van der Waals surface area contributed by atoms with Crippen LogP contribution in [0.3, 0.4) is 0 Å². The quantitative estimate of drug-likeness (QED) is 0.940. The number of aromatic nitrogens is 1. The standard InChI is InChI=1S/C18H19N3O2/c1-13(20-17(22)15-7-4-9-19-11-15)18(23)21-10-8-14-5-2-3-6-16(14)12-21/h2-7,9,11,13H,8,10,12H2,1H3,(H,20,22)/t13-/m1/s1. The van der Waals surface area contributed by atoms with Crippen LogP contribution in [-0.4, -0.2) is 34.3 Å². The van der Waals surface area contributed by atoms with Crippen molar-refractivity contribution in [3.63, 3.8) is 0 Å². The van der Waals surface area contributed by atoms with Crippen LogP contribution in [0.2, 0.25) is 0 Å². The Morgan fingerprint density at radius 3 is 2.70 bits per heavy atom. The summed E-state index contributed by atoms with van der Waals surface area (Å²) in [5.74, 6) is -0.340. The molecular weight excluding hydrogens is 290 g/mol. The molecule has 5 heteroatoms. The monoisotopic (exact) mass is 309 g/mol. The Balaban J connectivity index is 1.63. The van der Waals surface area contributed by atoms with Crippen LogP contribution in [0.1, 0.15) is 28.4 Å². The van der Waals surface area contributed by atoms with Gasteiger partial charge in [0, 0.05) is 25.5 Å². The van der Waals surface area contributed by atoms with Gasteiger partial charge in [-0.25, -0.2) is 0 Å². The van der Waals surface area contributed by atoms with Crippen LogP contribution < -0.4 is 5.32 Å². The first kappa shape index (κ1) is 15.2. The summed E-state index contributed by atoms with van der Waals surface area (Å²) in [5.41, 5.74) is 2.93. The van der Waals surface area contributed by atoms with Gasteiger partial charge in [0.2, 0.25) is 5.91 Å². The SMILES string of the molecule is C[C@@H](NC(=O)c1cccnc1)C(=O)N1CCc2ccccc2C1. The maximum atomic E-state index is 12.6. The maximum absolute atomic E-state index is 12.6. The topological polar surface area (TPSA) is 62.3 Å². The molecule has 1 aliphatic rings. The largest absolute Gasteiger partial charge is 0.340 e. The summed E-state index contributed by atoms with van der Waals surface area (Å²) in [5, 5.41) is 2.75. The smallest absolute Gasteiger partial charge is 0.253 e. The summed E-state index contributed by atoms with van der Waals surface area (Å²) in [6, 6.07) is 11.0. The van der Waals surface area contributed by atoms with E-state index >= 15 is 0 Å². The molecule has 0 saturated carbocycles. The Bertz CT molecular complexity index is 715. The average Bonchev–Trinajstić information content (AvgIpc) is 2.61. The molecule has 5 nitrogen and oxygen atoms in total. The molecule has 2 amide bonds. The summed E-state index contributed by atoms with van der Waals surface area (Å²) >= 11 is 0. The molecule has 1 aliphatic heterocycles. The van der Waals surface area contributed by atoms with Gasteiger partial charge >= 0.3 is 0 Å². The normalized spacial score (nSPS) is 14.7. The molecule has 118 valence electrons. The fourth-order valence-electron chi connectivity index (χ4n) is 2.80. The van der Waals surface area contributed by atoms with Crippen molar-refractivity contribution in [3.05, 3.63) is 65.5 Å². The van der Waals surface area contributed by atoms with Crippen LogP contribution in [0.5, 0.6) is 0 Å². The van der Waals surface area contributed by atoms with E-state index in [-0.39, 0.29) is 11.8 Å². The summed E-state index contributed by atoms with van der Waals surface area (Å²) in [7, 11) is 0. The highest BCUT2D eigenvalue weighted by Gasteiger charge is 2.25. The molecule has 3 rings (SSSR count). The van der Waals surface area contributed by atoms with Gasteiger partial charge in [-0.15, -0.1) is 0 Å². The molecule has 2 aromatic rings. The van der Waals surface area contributed by atoms with E-state index in [1.54, 1.807) is 30.2 Å². The van der Waals surface area contributed by atoms with Crippen LogP contribution in [0, 0.1) is 0 Å². The van der Waals surface area contributed by atoms with Gasteiger partial charge < -0.3 is 10.2 Å². The molecule has 1 atom stereocenters. The minimum absolute atomic E-state index is 0.0586. The van der Waals surface area contributed by atoms with Crippen molar-refractivity contribution in [1.29, 1.82) is 0 Å². The first-order chi connectivity index (χ1) is 11.1. The number of benzene rings is 1. The maximum Gasteiger partial charge on any atom is 0.253 e. The van der Waals surface area contributed by atoms with Crippen LogP contribution in [0.25, 0.3) is 0 Å². The number of rotatable bonds is 3. The molecule has 0 unspecified atom stereocenters. The van der Waals surface area contributed by atoms with Gasteiger partial charge in [-0.1, -0.05) is 24.3 Å². The molecule has 1 aromatic carbocycles. The van der Waals surface area contributed by atoms with Gasteiger partial charge in [-0.2, -0.15) is 0 Å². The molecule has 23 heavy (non-hydrogen) atoms. The number of hydrogen-bond donors (Lipinski definition) is 1. The molecule has 0 saturated heterocycles. The summed E-state index contributed by atoms with van der Waals surface area (Å²) in [4.78, 5) is 30.4. The van der Waals surface area contributed by atoms with Crippen molar-refractivity contribution in [1.82, 2.24) is 15.2 Å². The highest BCUT2D eigenvalue weighted by molar-refractivity contribution is 5.97. The van der Waals surface area contributed by atoms with E-state index in [4.69, 9.17) is 0 Å². The molecule has 1 N–H and O–H groups in total. The number of amides is 2. The fraction of sp³-hybridized carbons (Fsp3) is 0.278. The second-order valence-corrected chi connectivity index (χ2v) is 5.72. The molecule has 0 radical (unpaired) electrons. The fourth-order valence-corrected chi connectivity index (χ4v) is 2.80. The van der Waals surface area contributed by atoms with Gasteiger partial charge in [-0.3, -0.25) is 14.6 Å². The molecule has 0 fully saturated rings. The zero-order valence-corrected chi connectivity index (χ0v) is 13.0. The van der Waals surface area contributed by atoms with E-state index in [2.05, 4.69) is 16.4 Å². The number of carbonyl (C=O) groups excluding carboxylic acids is 2. The Labute approximate surface area is 135 Å². The number of pyridine rings is 1. The van der Waals surface area contributed by atoms with Gasteiger partial charge in [0.15, 0.2) is 0 Å². The highest BCUT2D eigenvalue weighted by atomic mass is 16.2. The second kappa shape index (κ2) is 6.60. The van der Waals surface area contributed by atoms with Crippen molar-refractivity contribution >= 4 is 11.8 Å². The Morgan fingerprint density at radius 2 is 1.96 bits per heavy atom. The molecule has 0 spiro atoms. The zero-order chi connectivity index (χ0) is 16.2. The van der Waals surface area contributed by atoms with E-state index < -0.39 is 6.04 Å².